The highest BCUT2D eigenvalue weighted by Gasteiger charge is 2.37. The van der Waals surface area contributed by atoms with Crippen molar-refractivity contribution in [2.45, 2.75) is 96.9 Å². The first-order valence-corrected chi connectivity index (χ1v) is 17.5. The number of aromatic nitrogens is 4. The molecule has 2 saturated heterocycles. The molecule has 4 aliphatic rings. The first-order valence-electron chi connectivity index (χ1n) is 17.5. The predicted octanol–water partition coefficient (Wildman–Crippen LogP) is 8.18. The van der Waals surface area contributed by atoms with Gasteiger partial charge in [-0.2, -0.15) is 5.10 Å². The van der Waals surface area contributed by atoms with Crippen LogP contribution in [0.25, 0.3) is 33.4 Å². The summed E-state index contributed by atoms with van der Waals surface area (Å²) < 4.78 is 19.8. The van der Waals surface area contributed by atoms with Crippen LogP contribution >= 0.6 is 0 Å². The van der Waals surface area contributed by atoms with Crippen LogP contribution in [-0.4, -0.2) is 77.8 Å². The number of ether oxygens (including phenoxy) is 3. The van der Waals surface area contributed by atoms with Gasteiger partial charge in [-0.3, -0.25) is 14.8 Å². The van der Waals surface area contributed by atoms with Gasteiger partial charge in [-0.05, 0) is 103 Å². The number of nitrogens with one attached hydrogen (secondary N) is 1. The standard InChI is InChI=1S/C38H43N7O5/c1-37(2,3)49-35(46)43-15-7-9-28(43)26-17-23(19-39-26)22-11-13-29-32(18-22)48-31-14-12-24(25-20-41-45(29)33(25)31)27-21-40-34(42-27)30-10-8-16-44(30)36(47)50-38(4,5)6/h11-14,18-21,28,30H,7-10,15-17H2,1-6H3,(H,40,42)/t28-,30-/m0/s1. The Kier molecular flexibility index (Phi) is 7.54. The molecule has 2 aromatic carbocycles. The van der Waals surface area contributed by atoms with E-state index in [4.69, 9.17) is 29.3 Å². The van der Waals surface area contributed by atoms with Crippen molar-refractivity contribution < 1.29 is 23.8 Å². The highest BCUT2D eigenvalue weighted by molar-refractivity contribution is 6.03. The van der Waals surface area contributed by atoms with Crippen molar-refractivity contribution in [1.82, 2.24) is 29.5 Å². The molecular formula is C38H43N7O5. The predicted molar refractivity (Wildman–Crippen MR) is 190 cm³/mol. The fourth-order valence-electron chi connectivity index (χ4n) is 7.41. The molecule has 4 aromatic rings. The summed E-state index contributed by atoms with van der Waals surface area (Å²) in [5.74, 6) is 2.17. The number of hydrogen-bond donors (Lipinski definition) is 1. The number of amides is 2. The van der Waals surface area contributed by atoms with Gasteiger partial charge in [-0.15, -0.1) is 0 Å². The normalized spacial score (nSPS) is 20.1. The summed E-state index contributed by atoms with van der Waals surface area (Å²) in [5.41, 5.74) is 5.51. The van der Waals surface area contributed by atoms with Crippen LogP contribution in [0.3, 0.4) is 0 Å². The summed E-state index contributed by atoms with van der Waals surface area (Å²) >= 11 is 0. The molecule has 0 aliphatic carbocycles. The third-order valence-electron chi connectivity index (χ3n) is 9.58. The van der Waals surface area contributed by atoms with Gasteiger partial charge in [0.2, 0.25) is 0 Å². The van der Waals surface area contributed by atoms with Gasteiger partial charge in [0.15, 0.2) is 11.5 Å². The zero-order valence-corrected chi connectivity index (χ0v) is 29.4. The number of likely N-dealkylation sites (tertiary alicyclic amines) is 2. The fourth-order valence-corrected chi connectivity index (χ4v) is 7.41. The van der Waals surface area contributed by atoms with Gasteiger partial charge in [0.1, 0.15) is 28.2 Å². The number of benzene rings is 2. The third kappa shape index (κ3) is 5.80. The number of carbonyl (C=O) groups excluding carboxylic acids is 2. The number of fused-ring (bicyclic) bond motifs is 2. The summed E-state index contributed by atoms with van der Waals surface area (Å²) in [6.45, 7) is 12.6. The highest BCUT2D eigenvalue weighted by atomic mass is 16.6. The molecule has 4 aliphatic heterocycles. The van der Waals surface area contributed by atoms with E-state index in [0.717, 1.165) is 76.2 Å². The quantitative estimate of drug-likeness (QED) is 0.203. The molecule has 2 atom stereocenters. The van der Waals surface area contributed by atoms with Gasteiger partial charge in [0.25, 0.3) is 0 Å². The number of aliphatic imine (C=N–C) groups is 1. The molecule has 12 heteroatoms. The summed E-state index contributed by atoms with van der Waals surface area (Å²) in [6.07, 6.45) is 9.19. The van der Waals surface area contributed by atoms with Crippen molar-refractivity contribution in [2.24, 2.45) is 4.99 Å². The van der Waals surface area contributed by atoms with E-state index in [0.29, 0.717) is 31.0 Å². The maximum atomic E-state index is 12.9. The van der Waals surface area contributed by atoms with Crippen molar-refractivity contribution in [2.75, 3.05) is 13.1 Å². The number of imidazole rings is 1. The monoisotopic (exact) mass is 677 g/mol. The first-order chi connectivity index (χ1) is 23.8. The summed E-state index contributed by atoms with van der Waals surface area (Å²) in [6, 6.07) is 9.92. The number of H-pyrrole nitrogens is 1. The van der Waals surface area contributed by atoms with Crippen LogP contribution in [0.15, 0.2) is 53.9 Å². The Morgan fingerprint density at radius 1 is 0.880 bits per heavy atom. The van der Waals surface area contributed by atoms with Crippen LogP contribution in [0.4, 0.5) is 9.59 Å². The van der Waals surface area contributed by atoms with Crippen molar-refractivity contribution >= 4 is 34.4 Å². The SMILES string of the molecule is CC(C)(C)OC(=O)N1CCC[C@H]1C1=NC=C(c2ccc3c(c2)Oc2ccc(-c4cnc([C@@H]5CCCN5C(=O)OC(C)(C)C)[nH]4)c4cnn-3c24)C1. The smallest absolute Gasteiger partial charge is 0.410 e. The minimum Gasteiger partial charge on any atom is -0.453 e. The number of allylic oxidation sites excluding steroid dienone is 1. The highest BCUT2D eigenvalue weighted by Crippen LogP contribution is 2.45. The van der Waals surface area contributed by atoms with E-state index in [2.05, 4.69) is 11.1 Å². The molecule has 50 heavy (non-hydrogen) atoms. The van der Waals surface area contributed by atoms with Crippen molar-refractivity contribution in [3.05, 3.63) is 60.3 Å². The summed E-state index contributed by atoms with van der Waals surface area (Å²) in [4.78, 5) is 42.4. The van der Waals surface area contributed by atoms with Crippen molar-refractivity contribution in [1.29, 1.82) is 0 Å². The van der Waals surface area contributed by atoms with Crippen LogP contribution in [0.5, 0.6) is 11.5 Å². The number of hydrogen-bond acceptors (Lipinski definition) is 8. The average molecular weight is 678 g/mol. The minimum atomic E-state index is -0.562. The first kappa shape index (κ1) is 32.1. The lowest BCUT2D eigenvalue weighted by Gasteiger charge is -2.28. The second-order valence-corrected chi connectivity index (χ2v) is 15.5. The van der Waals surface area contributed by atoms with Gasteiger partial charge >= 0.3 is 12.2 Å². The minimum absolute atomic E-state index is 0.0565. The Bertz CT molecular complexity index is 2080. The Labute approximate surface area is 291 Å². The number of aromatic amines is 1. The van der Waals surface area contributed by atoms with Crippen LogP contribution in [0, 0.1) is 0 Å². The Balaban J connectivity index is 1.01. The zero-order valence-electron chi connectivity index (χ0n) is 29.4. The Morgan fingerprint density at radius 2 is 1.58 bits per heavy atom. The lowest BCUT2D eigenvalue weighted by molar-refractivity contribution is 0.0216. The van der Waals surface area contributed by atoms with Gasteiger partial charge in [0, 0.05) is 42.4 Å². The molecule has 2 fully saturated rings. The Morgan fingerprint density at radius 3 is 2.30 bits per heavy atom. The van der Waals surface area contributed by atoms with Gasteiger partial charge in [-0.25, -0.2) is 19.3 Å². The van der Waals surface area contributed by atoms with Crippen molar-refractivity contribution in [3.63, 3.8) is 0 Å². The zero-order chi connectivity index (χ0) is 34.9. The van der Waals surface area contributed by atoms with Crippen LogP contribution in [0.2, 0.25) is 0 Å². The molecule has 2 amide bonds. The fraction of sp³-hybridized carbons (Fsp3) is 0.447. The topological polar surface area (TPSA) is 127 Å². The maximum Gasteiger partial charge on any atom is 0.410 e. The van der Waals surface area contributed by atoms with E-state index in [1.807, 2.05) is 94.0 Å². The molecule has 0 bridgehead atoms. The van der Waals surface area contributed by atoms with E-state index in [1.165, 1.54) is 0 Å². The number of rotatable bonds is 4. The molecule has 8 rings (SSSR count). The molecule has 12 nitrogen and oxygen atoms in total. The second kappa shape index (κ2) is 11.7. The van der Waals surface area contributed by atoms with Crippen LogP contribution < -0.4 is 4.74 Å². The largest absolute Gasteiger partial charge is 0.453 e. The van der Waals surface area contributed by atoms with E-state index in [1.54, 1.807) is 4.90 Å². The average Bonchev–Trinajstić information content (AvgIpc) is 3.88. The van der Waals surface area contributed by atoms with Crippen molar-refractivity contribution in [3.8, 4) is 28.4 Å². The number of carbonyl (C=O) groups is 2. The van der Waals surface area contributed by atoms with E-state index in [-0.39, 0.29) is 24.3 Å². The molecule has 6 heterocycles. The van der Waals surface area contributed by atoms with Gasteiger partial charge in [0.05, 0.1) is 30.2 Å². The maximum absolute atomic E-state index is 12.9. The van der Waals surface area contributed by atoms with Crippen LogP contribution in [0.1, 0.15) is 91.1 Å². The van der Waals surface area contributed by atoms with Gasteiger partial charge in [-0.1, -0.05) is 6.07 Å². The van der Waals surface area contributed by atoms with E-state index < -0.39 is 11.2 Å². The molecule has 0 radical (unpaired) electrons. The third-order valence-corrected chi connectivity index (χ3v) is 9.58. The number of nitrogens with zero attached hydrogens (tertiary/aromatic N) is 6. The molecule has 0 spiro atoms. The molecule has 1 N–H and O–H groups in total. The molecular weight excluding hydrogens is 634 g/mol. The summed E-state index contributed by atoms with van der Waals surface area (Å²) in [7, 11) is 0. The Hall–Kier alpha value is -5.13. The van der Waals surface area contributed by atoms with Crippen LogP contribution in [-0.2, 0) is 9.47 Å². The summed E-state index contributed by atoms with van der Waals surface area (Å²) in [5, 5.41) is 5.73. The molecule has 0 unspecified atom stereocenters. The molecule has 0 saturated carbocycles. The lowest BCUT2D eigenvalue weighted by Crippen LogP contribution is -2.43. The van der Waals surface area contributed by atoms with Gasteiger partial charge < -0.3 is 19.2 Å². The molecule has 2 aromatic heterocycles. The second-order valence-electron chi connectivity index (χ2n) is 15.5. The van der Waals surface area contributed by atoms with E-state index >= 15 is 0 Å². The lowest BCUT2D eigenvalue weighted by atomic mass is 9.98. The van der Waals surface area contributed by atoms with E-state index in [9.17, 15) is 9.59 Å². The molecule has 260 valence electrons.